The Kier molecular flexibility index (Phi) is 2.77. The summed E-state index contributed by atoms with van der Waals surface area (Å²) in [6.07, 6.45) is 2.17. The zero-order valence-electron chi connectivity index (χ0n) is 10.1. The summed E-state index contributed by atoms with van der Waals surface area (Å²) in [7, 11) is 0. The van der Waals surface area contributed by atoms with Gasteiger partial charge in [0.1, 0.15) is 0 Å². The van der Waals surface area contributed by atoms with E-state index in [1.165, 1.54) is 27.1 Å². The zero-order valence-corrected chi connectivity index (χ0v) is 10.9. The van der Waals surface area contributed by atoms with Gasteiger partial charge < -0.3 is 5.73 Å². The molecule has 3 rings (SSSR count). The van der Waals surface area contributed by atoms with Crippen molar-refractivity contribution in [2.45, 2.75) is 25.7 Å². The highest BCUT2D eigenvalue weighted by molar-refractivity contribution is 7.13. The molecule has 2 aromatic rings. The van der Waals surface area contributed by atoms with Crippen LogP contribution < -0.4 is 5.73 Å². The Labute approximate surface area is 106 Å². The molecule has 0 spiro atoms. The number of aryl methyl sites for hydroxylation is 1. The summed E-state index contributed by atoms with van der Waals surface area (Å²) in [6.45, 7) is 2.97. The number of fused-ring (bicyclic) bond motifs is 3. The maximum absolute atomic E-state index is 5.77. The first kappa shape index (κ1) is 11.0. The molecule has 1 nitrogen and oxygen atoms in total. The molecule has 1 heterocycles. The molecule has 0 saturated carbocycles. The van der Waals surface area contributed by atoms with Gasteiger partial charge in [-0.05, 0) is 53.1 Å². The lowest BCUT2D eigenvalue weighted by molar-refractivity contribution is 0.741. The van der Waals surface area contributed by atoms with E-state index in [1.807, 2.05) is 11.3 Å². The summed E-state index contributed by atoms with van der Waals surface area (Å²) in [5.41, 5.74) is 11.6. The predicted octanol–water partition coefficient (Wildman–Crippen LogP) is 3.77. The van der Waals surface area contributed by atoms with E-state index >= 15 is 0 Å². The lowest BCUT2D eigenvalue weighted by atomic mass is 9.93. The molecule has 1 unspecified atom stereocenters. The van der Waals surface area contributed by atoms with Crippen molar-refractivity contribution in [3.05, 3.63) is 46.3 Å². The van der Waals surface area contributed by atoms with Gasteiger partial charge in [0.2, 0.25) is 0 Å². The third kappa shape index (κ3) is 1.63. The van der Waals surface area contributed by atoms with Crippen LogP contribution in [-0.2, 0) is 6.42 Å². The van der Waals surface area contributed by atoms with E-state index < -0.39 is 0 Å². The minimum absolute atomic E-state index is 0.530. The number of benzene rings is 1. The second-order valence-corrected chi connectivity index (χ2v) is 5.53. The first-order chi connectivity index (χ1) is 8.35. The van der Waals surface area contributed by atoms with Crippen molar-refractivity contribution in [1.82, 2.24) is 0 Å². The van der Waals surface area contributed by atoms with Gasteiger partial charge in [0, 0.05) is 10.8 Å². The van der Waals surface area contributed by atoms with Crippen molar-refractivity contribution >= 4 is 11.3 Å². The molecule has 2 heteroatoms. The molecule has 1 aliphatic carbocycles. The number of thiophene rings is 1. The molecule has 1 atom stereocenters. The third-order valence-electron chi connectivity index (χ3n) is 3.67. The van der Waals surface area contributed by atoms with Gasteiger partial charge in [0.25, 0.3) is 0 Å². The molecule has 17 heavy (non-hydrogen) atoms. The Bertz CT molecular complexity index is 542. The highest BCUT2D eigenvalue weighted by Gasteiger charge is 2.28. The van der Waals surface area contributed by atoms with E-state index in [-0.39, 0.29) is 0 Å². The lowest BCUT2D eigenvalue weighted by Gasteiger charge is -2.12. The Balaban J connectivity index is 2.15. The smallest absolute Gasteiger partial charge is 0.0383 e. The molecule has 1 aromatic carbocycles. The predicted molar refractivity (Wildman–Crippen MR) is 74.6 cm³/mol. The molecule has 88 valence electrons. The summed E-state index contributed by atoms with van der Waals surface area (Å²) in [4.78, 5) is 1.46. The molecule has 0 fully saturated rings. The molecule has 0 bridgehead atoms. The van der Waals surface area contributed by atoms with Crippen LogP contribution in [-0.4, -0.2) is 6.54 Å². The molecule has 0 amide bonds. The first-order valence-corrected chi connectivity index (χ1v) is 7.13. The highest BCUT2D eigenvalue weighted by atomic mass is 32.1. The zero-order chi connectivity index (χ0) is 11.8. The molecular weight excluding hydrogens is 226 g/mol. The van der Waals surface area contributed by atoms with E-state index in [9.17, 15) is 0 Å². The van der Waals surface area contributed by atoms with Crippen molar-refractivity contribution in [1.29, 1.82) is 0 Å². The fraction of sp³-hybridized carbons (Fsp3) is 0.333. The van der Waals surface area contributed by atoms with Crippen molar-refractivity contribution < 1.29 is 0 Å². The number of hydrogen-bond donors (Lipinski definition) is 1. The normalized spacial score (nSPS) is 16.9. The van der Waals surface area contributed by atoms with Crippen molar-refractivity contribution in [3.8, 4) is 10.4 Å². The molecule has 1 aromatic heterocycles. The second kappa shape index (κ2) is 4.28. The minimum Gasteiger partial charge on any atom is -0.330 e. The Morgan fingerprint density at radius 1 is 1.24 bits per heavy atom. The summed E-state index contributed by atoms with van der Waals surface area (Å²) in [6, 6.07) is 9.20. The van der Waals surface area contributed by atoms with Crippen LogP contribution in [0.15, 0.2) is 29.6 Å². The van der Waals surface area contributed by atoms with Gasteiger partial charge >= 0.3 is 0 Å². The summed E-state index contributed by atoms with van der Waals surface area (Å²) in [5.74, 6) is 0.530. The molecule has 2 N–H and O–H groups in total. The SMILES string of the molecule is CCc1ccc2c(c1)C(CCN)c1ccsc1-2. The third-order valence-corrected chi connectivity index (χ3v) is 4.63. The van der Waals surface area contributed by atoms with E-state index in [0.717, 1.165) is 19.4 Å². The van der Waals surface area contributed by atoms with Crippen molar-refractivity contribution in [3.63, 3.8) is 0 Å². The fourth-order valence-electron chi connectivity index (χ4n) is 2.78. The van der Waals surface area contributed by atoms with Gasteiger partial charge in [0.15, 0.2) is 0 Å². The quantitative estimate of drug-likeness (QED) is 0.872. The van der Waals surface area contributed by atoms with Gasteiger partial charge in [-0.1, -0.05) is 25.1 Å². The minimum atomic E-state index is 0.530. The monoisotopic (exact) mass is 243 g/mol. The largest absolute Gasteiger partial charge is 0.330 e. The lowest BCUT2D eigenvalue weighted by Crippen LogP contribution is -2.06. The molecular formula is C15H17NS. The van der Waals surface area contributed by atoms with Crippen molar-refractivity contribution in [2.75, 3.05) is 6.54 Å². The highest BCUT2D eigenvalue weighted by Crippen LogP contribution is 2.49. The van der Waals surface area contributed by atoms with Crippen LogP contribution in [0.4, 0.5) is 0 Å². The van der Waals surface area contributed by atoms with E-state index in [1.54, 1.807) is 0 Å². The number of nitrogens with two attached hydrogens (primary N) is 1. The maximum atomic E-state index is 5.77. The van der Waals surface area contributed by atoms with Crippen molar-refractivity contribution in [2.24, 2.45) is 5.73 Å². The maximum Gasteiger partial charge on any atom is 0.0383 e. The Hall–Kier alpha value is -1.12. The Morgan fingerprint density at radius 3 is 2.88 bits per heavy atom. The van der Waals surface area contributed by atoms with E-state index in [0.29, 0.717) is 5.92 Å². The van der Waals surface area contributed by atoms with Crippen LogP contribution >= 0.6 is 11.3 Å². The van der Waals surface area contributed by atoms with Crippen LogP contribution in [0.25, 0.3) is 10.4 Å². The average molecular weight is 243 g/mol. The molecule has 1 aliphatic rings. The number of rotatable bonds is 3. The fourth-order valence-corrected chi connectivity index (χ4v) is 3.79. The van der Waals surface area contributed by atoms with Gasteiger partial charge in [0.05, 0.1) is 0 Å². The topological polar surface area (TPSA) is 26.0 Å². The number of hydrogen-bond acceptors (Lipinski definition) is 2. The van der Waals surface area contributed by atoms with Crippen LogP contribution in [0.1, 0.15) is 36.0 Å². The molecule has 0 aliphatic heterocycles. The first-order valence-electron chi connectivity index (χ1n) is 6.25. The molecule has 0 radical (unpaired) electrons. The summed E-state index contributed by atoms with van der Waals surface area (Å²) in [5, 5.41) is 2.20. The summed E-state index contributed by atoms with van der Waals surface area (Å²) >= 11 is 1.86. The summed E-state index contributed by atoms with van der Waals surface area (Å²) < 4.78 is 0. The second-order valence-electron chi connectivity index (χ2n) is 4.61. The van der Waals surface area contributed by atoms with Gasteiger partial charge in [-0.3, -0.25) is 0 Å². The van der Waals surface area contributed by atoms with Crippen LogP contribution in [0.3, 0.4) is 0 Å². The van der Waals surface area contributed by atoms with Gasteiger partial charge in [-0.2, -0.15) is 0 Å². The van der Waals surface area contributed by atoms with E-state index in [4.69, 9.17) is 5.73 Å². The van der Waals surface area contributed by atoms with Gasteiger partial charge in [-0.15, -0.1) is 11.3 Å². The molecule has 0 saturated heterocycles. The average Bonchev–Trinajstić information content (AvgIpc) is 2.92. The standard InChI is InChI=1S/C15H17NS/c1-2-10-3-4-12-14(9-10)11(5-7-16)13-6-8-17-15(12)13/h3-4,6,8-9,11H,2,5,7,16H2,1H3. The van der Waals surface area contributed by atoms with E-state index in [2.05, 4.69) is 36.6 Å². The van der Waals surface area contributed by atoms with Crippen LogP contribution in [0.2, 0.25) is 0 Å². The van der Waals surface area contributed by atoms with Gasteiger partial charge in [-0.25, -0.2) is 0 Å². The van der Waals surface area contributed by atoms with Crippen LogP contribution in [0.5, 0.6) is 0 Å². The Morgan fingerprint density at radius 2 is 2.12 bits per heavy atom. The van der Waals surface area contributed by atoms with Crippen LogP contribution in [0, 0.1) is 0 Å².